The van der Waals surface area contributed by atoms with E-state index in [9.17, 15) is 9.18 Å². The van der Waals surface area contributed by atoms with Crippen molar-refractivity contribution in [1.82, 2.24) is 5.32 Å². The molecule has 0 saturated heterocycles. The number of hydrogen-bond donors (Lipinski definition) is 2. The molecule has 0 heterocycles. The van der Waals surface area contributed by atoms with Crippen molar-refractivity contribution in [3.8, 4) is 0 Å². The Labute approximate surface area is 121 Å². The quantitative estimate of drug-likeness (QED) is 0.890. The second-order valence-electron chi connectivity index (χ2n) is 5.51. The topological polar surface area (TPSA) is 49.3 Å². The Morgan fingerprint density at radius 1 is 1.47 bits per heavy atom. The van der Waals surface area contributed by atoms with Crippen LogP contribution < -0.4 is 5.32 Å². The van der Waals surface area contributed by atoms with Crippen molar-refractivity contribution in [1.29, 1.82) is 0 Å². The normalized spacial score (nSPS) is 13.2. The van der Waals surface area contributed by atoms with E-state index in [0.717, 1.165) is 0 Å². The SMILES string of the molecule is CC(C)(C)C(CCO)NC(=O)c1cccc(F)c1Br. The average Bonchev–Trinajstić information content (AvgIpc) is 2.30. The van der Waals surface area contributed by atoms with Crippen molar-refractivity contribution in [2.45, 2.75) is 33.2 Å². The summed E-state index contributed by atoms with van der Waals surface area (Å²) in [5.74, 6) is -0.818. The van der Waals surface area contributed by atoms with Gasteiger partial charge in [0, 0.05) is 12.6 Å². The van der Waals surface area contributed by atoms with E-state index in [1.54, 1.807) is 6.07 Å². The van der Waals surface area contributed by atoms with Gasteiger partial charge >= 0.3 is 0 Å². The van der Waals surface area contributed by atoms with Gasteiger partial charge in [0.05, 0.1) is 10.0 Å². The number of aliphatic hydroxyl groups excluding tert-OH is 1. The number of carbonyl (C=O) groups excluding carboxylic acids is 1. The van der Waals surface area contributed by atoms with Crippen LogP contribution >= 0.6 is 15.9 Å². The van der Waals surface area contributed by atoms with Crippen LogP contribution in [-0.2, 0) is 0 Å². The van der Waals surface area contributed by atoms with E-state index in [-0.39, 0.29) is 34.0 Å². The number of hydrogen-bond acceptors (Lipinski definition) is 2. The number of nitrogens with one attached hydrogen (secondary N) is 1. The average molecular weight is 332 g/mol. The zero-order chi connectivity index (χ0) is 14.6. The highest BCUT2D eigenvalue weighted by atomic mass is 79.9. The molecule has 1 amide bonds. The summed E-state index contributed by atoms with van der Waals surface area (Å²) in [7, 11) is 0. The Morgan fingerprint density at radius 2 is 2.11 bits per heavy atom. The van der Waals surface area contributed by atoms with Gasteiger partial charge in [0.25, 0.3) is 5.91 Å². The summed E-state index contributed by atoms with van der Waals surface area (Å²) < 4.78 is 13.5. The van der Waals surface area contributed by atoms with E-state index < -0.39 is 5.82 Å². The molecule has 1 aromatic carbocycles. The van der Waals surface area contributed by atoms with Crippen LogP contribution in [0.5, 0.6) is 0 Å². The standard InChI is InChI=1S/C14H19BrFNO2/c1-14(2,3)11(7-8-18)17-13(19)9-5-4-6-10(16)12(9)15/h4-6,11,18H,7-8H2,1-3H3,(H,17,19). The van der Waals surface area contributed by atoms with Crippen LogP contribution in [-0.4, -0.2) is 23.7 Å². The maximum atomic E-state index is 13.4. The van der Waals surface area contributed by atoms with Gasteiger partial charge in [-0.2, -0.15) is 0 Å². The fourth-order valence-electron chi connectivity index (χ4n) is 1.77. The van der Waals surface area contributed by atoms with Crippen molar-refractivity contribution < 1.29 is 14.3 Å². The summed E-state index contributed by atoms with van der Waals surface area (Å²) in [6, 6.07) is 4.16. The van der Waals surface area contributed by atoms with Gasteiger partial charge < -0.3 is 10.4 Å². The third-order valence-electron chi connectivity index (χ3n) is 2.96. The molecule has 0 aliphatic rings. The molecule has 3 nitrogen and oxygen atoms in total. The third kappa shape index (κ3) is 4.28. The van der Waals surface area contributed by atoms with Gasteiger partial charge in [0.2, 0.25) is 0 Å². The van der Waals surface area contributed by atoms with Gasteiger partial charge in [-0.25, -0.2) is 4.39 Å². The first-order valence-electron chi connectivity index (χ1n) is 6.13. The summed E-state index contributed by atoms with van der Waals surface area (Å²) in [5, 5.41) is 11.9. The van der Waals surface area contributed by atoms with Crippen LogP contribution in [0.25, 0.3) is 0 Å². The van der Waals surface area contributed by atoms with Crippen LogP contribution in [0.15, 0.2) is 22.7 Å². The van der Waals surface area contributed by atoms with Crippen molar-refractivity contribution >= 4 is 21.8 Å². The van der Waals surface area contributed by atoms with Gasteiger partial charge in [0.15, 0.2) is 0 Å². The Hall–Kier alpha value is -0.940. The summed E-state index contributed by atoms with van der Waals surface area (Å²) >= 11 is 3.07. The van der Waals surface area contributed by atoms with Gasteiger partial charge in [-0.05, 0) is 39.9 Å². The zero-order valence-corrected chi connectivity index (χ0v) is 12.9. The van der Waals surface area contributed by atoms with Crippen molar-refractivity contribution in [2.75, 3.05) is 6.61 Å². The van der Waals surface area contributed by atoms with Crippen molar-refractivity contribution in [2.24, 2.45) is 5.41 Å². The second kappa shape index (κ2) is 6.48. The fourth-order valence-corrected chi connectivity index (χ4v) is 2.21. The Bertz CT molecular complexity index is 457. The number of halogens is 2. The van der Waals surface area contributed by atoms with E-state index in [0.29, 0.717) is 6.42 Å². The van der Waals surface area contributed by atoms with Crippen molar-refractivity contribution in [3.63, 3.8) is 0 Å². The second-order valence-corrected chi connectivity index (χ2v) is 6.30. The first-order chi connectivity index (χ1) is 8.77. The molecule has 0 radical (unpaired) electrons. The Morgan fingerprint density at radius 3 is 2.63 bits per heavy atom. The smallest absolute Gasteiger partial charge is 0.252 e. The zero-order valence-electron chi connectivity index (χ0n) is 11.3. The molecule has 0 aromatic heterocycles. The molecule has 19 heavy (non-hydrogen) atoms. The minimum absolute atomic E-state index is 0.00740. The van der Waals surface area contributed by atoms with E-state index >= 15 is 0 Å². The molecule has 0 spiro atoms. The first-order valence-corrected chi connectivity index (χ1v) is 6.92. The predicted molar refractivity (Wildman–Crippen MR) is 76.5 cm³/mol. The molecular weight excluding hydrogens is 313 g/mol. The van der Waals surface area contributed by atoms with Crippen LogP contribution in [0, 0.1) is 11.2 Å². The van der Waals surface area contributed by atoms with E-state index in [4.69, 9.17) is 5.11 Å². The molecule has 1 aromatic rings. The minimum Gasteiger partial charge on any atom is -0.396 e. The third-order valence-corrected chi connectivity index (χ3v) is 3.77. The molecule has 1 rings (SSSR count). The maximum Gasteiger partial charge on any atom is 0.252 e. The maximum absolute atomic E-state index is 13.4. The first kappa shape index (κ1) is 16.1. The number of rotatable bonds is 4. The summed E-state index contributed by atoms with van der Waals surface area (Å²) in [6.07, 6.45) is 0.460. The largest absolute Gasteiger partial charge is 0.396 e. The van der Waals surface area contributed by atoms with Gasteiger partial charge in [-0.15, -0.1) is 0 Å². The lowest BCUT2D eigenvalue weighted by Crippen LogP contribution is -2.44. The number of carbonyl (C=O) groups is 1. The van der Waals surface area contributed by atoms with Crippen molar-refractivity contribution in [3.05, 3.63) is 34.1 Å². The molecule has 0 fully saturated rings. The van der Waals surface area contributed by atoms with E-state index in [1.165, 1.54) is 12.1 Å². The number of aliphatic hydroxyl groups is 1. The van der Waals surface area contributed by atoms with Gasteiger partial charge in [-0.3, -0.25) is 4.79 Å². The highest BCUT2D eigenvalue weighted by Gasteiger charge is 2.26. The lowest BCUT2D eigenvalue weighted by Gasteiger charge is -2.31. The summed E-state index contributed by atoms with van der Waals surface area (Å²) in [4.78, 5) is 12.2. The van der Waals surface area contributed by atoms with Crippen LogP contribution in [0.1, 0.15) is 37.6 Å². The van der Waals surface area contributed by atoms with Gasteiger partial charge in [-0.1, -0.05) is 26.8 Å². The molecule has 5 heteroatoms. The van der Waals surface area contributed by atoms with Gasteiger partial charge in [0.1, 0.15) is 5.82 Å². The molecule has 0 aliphatic heterocycles. The van der Waals surface area contributed by atoms with E-state index in [1.807, 2.05) is 20.8 Å². The Kier molecular flexibility index (Phi) is 5.50. The highest BCUT2D eigenvalue weighted by Crippen LogP contribution is 2.24. The van der Waals surface area contributed by atoms with Crippen LogP contribution in [0.4, 0.5) is 4.39 Å². The molecule has 1 atom stereocenters. The number of benzene rings is 1. The molecule has 0 saturated carbocycles. The van der Waals surface area contributed by atoms with Crippen LogP contribution in [0.2, 0.25) is 0 Å². The molecule has 0 aliphatic carbocycles. The lowest BCUT2D eigenvalue weighted by molar-refractivity contribution is 0.0884. The monoisotopic (exact) mass is 331 g/mol. The molecule has 0 bridgehead atoms. The van der Waals surface area contributed by atoms with E-state index in [2.05, 4.69) is 21.2 Å². The fraction of sp³-hybridized carbons (Fsp3) is 0.500. The lowest BCUT2D eigenvalue weighted by atomic mass is 9.85. The molecule has 2 N–H and O–H groups in total. The highest BCUT2D eigenvalue weighted by molar-refractivity contribution is 9.10. The molecular formula is C14H19BrFNO2. The number of amides is 1. The summed E-state index contributed by atoms with van der Waals surface area (Å²) in [6.45, 7) is 5.93. The molecule has 106 valence electrons. The molecule has 1 unspecified atom stereocenters. The Balaban J connectivity index is 2.91. The summed E-state index contributed by atoms with van der Waals surface area (Å²) in [5.41, 5.74) is 0.0743. The minimum atomic E-state index is -0.470. The van der Waals surface area contributed by atoms with Crippen LogP contribution in [0.3, 0.4) is 0 Å². The predicted octanol–water partition coefficient (Wildman–Crippen LogP) is 3.12.